The minimum Gasteiger partial charge on any atom is -0.495 e. The molecule has 3 rings (SSSR count). The quantitative estimate of drug-likeness (QED) is 0.804. The Morgan fingerprint density at radius 2 is 1.96 bits per heavy atom. The highest BCUT2D eigenvalue weighted by Crippen LogP contribution is 2.25. The van der Waals surface area contributed by atoms with Gasteiger partial charge in [-0.1, -0.05) is 18.2 Å². The van der Waals surface area contributed by atoms with E-state index in [1.165, 1.54) is 11.7 Å². The zero-order valence-corrected chi connectivity index (χ0v) is 13.7. The number of nitrogens with zero attached hydrogens (tertiary/aromatic N) is 2. The smallest absolute Gasteiger partial charge is 0.282 e. The maximum atomic E-state index is 12.6. The number of amides is 1. The van der Waals surface area contributed by atoms with E-state index in [0.717, 1.165) is 5.56 Å². The summed E-state index contributed by atoms with van der Waals surface area (Å²) >= 11 is 0. The van der Waals surface area contributed by atoms with Crippen molar-refractivity contribution >= 4 is 22.6 Å². The molecule has 0 bridgehead atoms. The molecule has 122 valence electrons. The zero-order chi connectivity index (χ0) is 17.3. The lowest BCUT2D eigenvalue weighted by atomic mass is 10.2. The molecule has 1 amide bonds. The number of para-hydroxylation sites is 2. The Morgan fingerprint density at radius 3 is 2.71 bits per heavy atom. The van der Waals surface area contributed by atoms with Crippen LogP contribution in [0.2, 0.25) is 0 Å². The number of carbonyl (C=O) groups is 1. The van der Waals surface area contributed by atoms with E-state index in [1.54, 1.807) is 31.3 Å². The molecule has 0 radical (unpaired) electrons. The SMILES string of the molecule is COc1ccc(C)cc1NC(=O)c1nc2ccccc2n(C)c1=O. The molecule has 2 aromatic carbocycles. The summed E-state index contributed by atoms with van der Waals surface area (Å²) in [6, 6.07) is 12.6. The van der Waals surface area contributed by atoms with E-state index < -0.39 is 11.5 Å². The second-order valence-electron chi connectivity index (χ2n) is 5.47. The van der Waals surface area contributed by atoms with Crippen molar-refractivity contribution in [2.75, 3.05) is 12.4 Å². The van der Waals surface area contributed by atoms with Crippen molar-refractivity contribution in [1.29, 1.82) is 0 Å². The first-order valence-corrected chi connectivity index (χ1v) is 7.43. The van der Waals surface area contributed by atoms with Crippen LogP contribution in [0.3, 0.4) is 0 Å². The summed E-state index contributed by atoms with van der Waals surface area (Å²) in [5.41, 5.74) is 2.12. The average Bonchev–Trinajstić information content (AvgIpc) is 2.58. The van der Waals surface area contributed by atoms with Crippen LogP contribution in [0.1, 0.15) is 16.1 Å². The number of methoxy groups -OCH3 is 1. The van der Waals surface area contributed by atoms with Crippen LogP contribution < -0.4 is 15.6 Å². The van der Waals surface area contributed by atoms with Gasteiger partial charge in [-0.15, -0.1) is 0 Å². The van der Waals surface area contributed by atoms with Crippen LogP contribution in [-0.4, -0.2) is 22.6 Å². The van der Waals surface area contributed by atoms with Gasteiger partial charge in [0.15, 0.2) is 5.69 Å². The number of anilines is 1. The fourth-order valence-electron chi connectivity index (χ4n) is 2.53. The fraction of sp³-hybridized carbons (Fsp3) is 0.167. The molecule has 6 nitrogen and oxygen atoms in total. The number of hydrogen-bond donors (Lipinski definition) is 1. The lowest BCUT2D eigenvalue weighted by Gasteiger charge is -2.11. The van der Waals surface area contributed by atoms with Crippen LogP contribution >= 0.6 is 0 Å². The van der Waals surface area contributed by atoms with Gasteiger partial charge in [0.05, 0.1) is 23.8 Å². The molecule has 0 atom stereocenters. The maximum absolute atomic E-state index is 12.6. The van der Waals surface area contributed by atoms with Crippen LogP contribution in [0, 0.1) is 6.92 Å². The Hall–Kier alpha value is -3.15. The molecule has 0 aliphatic heterocycles. The third-order valence-corrected chi connectivity index (χ3v) is 3.80. The number of fused-ring (bicyclic) bond motifs is 1. The van der Waals surface area contributed by atoms with Gasteiger partial charge in [0.25, 0.3) is 11.5 Å². The monoisotopic (exact) mass is 323 g/mol. The second-order valence-corrected chi connectivity index (χ2v) is 5.47. The third-order valence-electron chi connectivity index (χ3n) is 3.80. The standard InChI is InChI=1S/C18H17N3O3/c1-11-8-9-15(24-3)13(10-11)20-17(22)16-18(23)21(2)14-7-5-4-6-12(14)19-16/h4-10H,1-3H3,(H,20,22). The van der Waals surface area contributed by atoms with E-state index in [-0.39, 0.29) is 5.69 Å². The molecule has 0 saturated carbocycles. The van der Waals surface area contributed by atoms with Crippen LogP contribution in [0.4, 0.5) is 5.69 Å². The van der Waals surface area contributed by atoms with Gasteiger partial charge in [0.1, 0.15) is 5.75 Å². The van der Waals surface area contributed by atoms with Gasteiger partial charge in [0.2, 0.25) is 0 Å². The highest BCUT2D eigenvalue weighted by Gasteiger charge is 2.17. The molecule has 0 aliphatic rings. The normalized spacial score (nSPS) is 10.6. The van der Waals surface area contributed by atoms with E-state index in [0.29, 0.717) is 22.5 Å². The molecule has 1 N–H and O–H groups in total. The number of nitrogens with one attached hydrogen (secondary N) is 1. The first kappa shape index (κ1) is 15.7. The zero-order valence-electron chi connectivity index (χ0n) is 13.7. The van der Waals surface area contributed by atoms with Crippen molar-refractivity contribution in [3.05, 3.63) is 64.1 Å². The molecule has 0 aliphatic carbocycles. The number of aryl methyl sites for hydroxylation is 2. The third kappa shape index (κ3) is 2.74. The Balaban J connectivity index is 2.05. The second kappa shape index (κ2) is 6.16. The molecule has 1 aromatic heterocycles. The first-order chi connectivity index (χ1) is 11.5. The molecular weight excluding hydrogens is 306 g/mol. The topological polar surface area (TPSA) is 73.2 Å². The summed E-state index contributed by atoms with van der Waals surface area (Å²) in [5.74, 6) is -0.0446. The van der Waals surface area contributed by atoms with Gasteiger partial charge >= 0.3 is 0 Å². The predicted molar refractivity (Wildman–Crippen MR) is 92.7 cm³/mol. The maximum Gasteiger partial charge on any atom is 0.282 e. The Kier molecular flexibility index (Phi) is 4.04. The van der Waals surface area contributed by atoms with Crippen LogP contribution in [0.5, 0.6) is 5.75 Å². The molecule has 0 unspecified atom stereocenters. The molecule has 0 spiro atoms. The summed E-state index contributed by atoms with van der Waals surface area (Å²) < 4.78 is 6.66. The van der Waals surface area contributed by atoms with Gasteiger partial charge in [-0.2, -0.15) is 0 Å². The number of carbonyl (C=O) groups excluding carboxylic acids is 1. The minimum absolute atomic E-state index is 0.153. The highest BCUT2D eigenvalue weighted by atomic mass is 16.5. The lowest BCUT2D eigenvalue weighted by Crippen LogP contribution is -2.29. The molecule has 6 heteroatoms. The molecular formula is C18H17N3O3. The number of ether oxygens (including phenoxy) is 1. The van der Waals surface area contributed by atoms with Crippen molar-refractivity contribution in [2.45, 2.75) is 6.92 Å². The van der Waals surface area contributed by atoms with E-state index >= 15 is 0 Å². The summed E-state index contributed by atoms with van der Waals surface area (Å²) in [4.78, 5) is 29.2. The molecule has 24 heavy (non-hydrogen) atoms. The van der Waals surface area contributed by atoms with Crippen molar-refractivity contribution < 1.29 is 9.53 Å². The van der Waals surface area contributed by atoms with Crippen LogP contribution in [0.25, 0.3) is 11.0 Å². The molecule has 1 heterocycles. The molecule has 0 fully saturated rings. The predicted octanol–water partition coefficient (Wildman–Crippen LogP) is 2.50. The Bertz CT molecular complexity index is 992. The number of rotatable bonds is 3. The first-order valence-electron chi connectivity index (χ1n) is 7.43. The van der Waals surface area contributed by atoms with Gasteiger partial charge in [-0.3, -0.25) is 9.59 Å². The van der Waals surface area contributed by atoms with Gasteiger partial charge in [0, 0.05) is 7.05 Å². The van der Waals surface area contributed by atoms with Gasteiger partial charge < -0.3 is 14.6 Å². The summed E-state index contributed by atoms with van der Waals surface area (Å²) in [5, 5.41) is 2.71. The molecule has 3 aromatic rings. The minimum atomic E-state index is -0.565. The van der Waals surface area contributed by atoms with E-state index in [9.17, 15) is 9.59 Å². The Morgan fingerprint density at radius 1 is 1.21 bits per heavy atom. The summed E-state index contributed by atoms with van der Waals surface area (Å²) in [6.07, 6.45) is 0. The van der Waals surface area contributed by atoms with Crippen LogP contribution in [0.15, 0.2) is 47.3 Å². The van der Waals surface area contributed by atoms with E-state index in [1.807, 2.05) is 25.1 Å². The van der Waals surface area contributed by atoms with Gasteiger partial charge in [-0.05, 0) is 36.8 Å². The number of aromatic nitrogens is 2. The largest absolute Gasteiger partial charge is 0.495 e. The lowest BCUT2D eigenvalue weighted by molar-refractivity contribution is 0.102. The van der Waals surface area contributed by atoms with Crippen LogP contribution in [-0.2, 0) is 7.05 Å². The van der Waals surface area contributed by atoms with Crippen molar-refractivity contribution in [3.63, 3.8) is 0 Å². The van der Waals surface area contributed by atoms with Crippen molar-refractivity contribution in [1.82, 2.24) is 9.55 Å². The summed E-state index contributed by atoms with van der Waals surface area (Å²) in [6.45, 7) is 1.91. The van der Waals surface area contributed by atoms with Gasteiger partial charge in [-0.25, -0.2) is 4.98 Å². The van der Waals surface area contributed by atoms with E-state index in [2.05, 4.69) is 10.3 Å². The molecule has 0 saturated heterocycles. The highest BCUT2D eigenvalue weighted by molar-refractivity contribution is 6.04. The fourth-order valence-corrected chi connectivity index (χ4v) is 2.53. The van der Waals surface area contributed by atoms with Crippen molar-refractivity contribution in [3.8, 4) is 5.75 Å². The Labute approximate surface area is 138 Å². The average molecular weight is 323 g/mol. The number of hydrogen-bond acceptors (Lipinski definition) is 4. The van der Waals surface area contributed by atoms with Crippen molar-refractivity contribution in [2.24, 2.45) is 7.05 Å². The summed E-state index contributed by atoms with van der Waals surface area (Å²) in [7, 11) is 3.14. The van der Waals surface area contributed by atoms with E-state index in [4.69, 9.17) is 4.74 Å². The number of benzene rings is 2.